The molecule has 14 heavy (non-hydrogen) atoms. The Morgan fingerprint density at radius 2 is 2.14 bits per heavy atom. The van der Waals surface area contributed by atoms with Crippen LogP contribution in [0.4, 0.5) is 0 Å². The lowest BCUT2D eigenvalue weighted by Crippen LogP contribution is -2.00. The summed E-state index contributed by atoms with van der Waals surface area (Å²) in [6, 6.07) is 7.65. The summed E-state index contributed by atoms with van der Waals surface area (Å²) < 4.78 is 5.14. The van der Waals surface area contributed by atoms with Crippen molar-refractivity contribution >= 4 is 16.9 Å². The van der Waals surface area contributed by atoms with Crippen LogP contribution in [0.2, 0.25) is 0 Å². The van der Waals surface area contributed by atoms with E-state index in [9.17, 15) is 4.79 Å². The van der Waals surface area contributed by atoms with E-state index in [2.05, 4.69) is 4.98 Å². The van der Waals surface area contributed by atoms with Gasteiger partial charge in [0.15, 0.2) is 0 Å². The fraction of sp³-hybridized carbons (Fsp3) is 0.0909. The first-order valence-corrected chi connectivity index (χ1v) is 4.42. The summed E-state index contributed by atoms with van der Waals surface area (Å²) in [5.74, 6) is 0.485. The molecule has 1 aliphatic rings. The second-order valence-electron chi connectivity index (χ2n) is 3.28. The molecule has 1 aromatic carbocycles. The molecule has 0 aliphatic carbocycles. The quantitative estimate of drug-likeness (QED) is 0.586. The van der Waals surface area contributed by atoms with Crippen molar-refractivity contribution in [2.45, 2.75) is 6.42 Å². The highest BCUT2D eigenvalue weighted by molar-refractivity contribution is 5.93. The molecular weight excluding hydrogens is 178 g/mol. The third-order valence-electron chi connectivity index (χ3n) is 2.35. The van der Waals surface area contributed by atoms with Crippen molar-refractivity contribution < 1.29 is 9.53 Å². The van der Waals surface area contributed by atoms with Gasteiger partial charge in [-0.25, -0.2) is 0 Å². The SMILES string of the molecule is O=C1Cc2cnc3ccccc3c2O1. The Morgan fingerprint density at radius 3 is 3.07 bits per heavy atom. The van der Waals surface area contributed by atoms with Gasteiger partial charge < -0.3 is 4.74 Å². The summed E-state index contributed by atoms with van der Waals surface area (Å²) in [5.41, 5.74) is 1.75. The number of hydrogen-bond acceptors (Lipinski definition) is 3. The van der Waals surface area contributed by atoms with Crippen LogP contribution >= 0.6 is 0 Å². The first-order chi connectivity index (χ1) is 6.84. The number of ether oxygens (including phenoxy) is 1. The van der Waals surface area contributed by atoms with E-state index < -0.39 is 0 Å². The highest BCUT2D eigenvalue weighted by Gasteiger charge is 2.22. The summed E-state index contributed by atoms with van der Waals surface area (Å²) in [6.07, 6.45) is 2.05. The molecule has 3 nitrogen and oxygen atoms in total. The molecule has 68 valence electrons. The monoisotopic (exact) mass is 185 g/mol. The van der Waals surface area contributed by atoms with Crippen molar-refractivity contribution in [1.29, 1.82) is 0 Å². The molecule has 3 heteroatoms. The Balaban J connectivity index is 2.39. The van der Waals surface area contributed by atoms with Crippen molar-refractivity contribution in [2.24, 2.45) is 0 Å². The Kier molecular flexibility index (Phi) is 1.36. The van der Waals surface area contributed by atoms with E-state index in [-0.39, 0.29) is 5.97 Å². The maximum absolute atomic E-state index is 11.1. The van der Waals surface area contributed by atoms with Crippen LogP contribution in [0, 0.1) is 0 Å². The highest BCUT2D eigenvalue weighted by Crippen LogP contribution is 2.32. The molecule has 2 aromatic rings. The molecule has 2 heterocycles. The molecule has 1 aliphatic heterocycles. The molecule has 0 bridgehead atoms. The number of para-hydroxylation sites is 1. The largest absolute Gasteiger partial charge is 0.425 e. The number of pyridine rings is 1. The molecule has 0 radical (unpaired) electrons. The zero-order valence-electron chi connectivity index (χ0n) is 7.36. The minimum Gasteiger partial charge on any atom is -0.425 e. The molecule has 0 spiro atoms. The Bertz CT molecular complexity index is 534. The Morgan fingerprint density at radius 1 is 1.29 bits per heavy atom. The van der Waals surface area contributed by atoms with Crippen molar-refractivity contribution in [2.75, 3.05) is 0 Å². The van der Waals surface area contributed by atoms with Gasteiger partial charge in [-0.2, -0.15) is 0 Å². The molecule has 0 saturated heterocycles. The van der Waals surface area contributed by atoms with E-state index in [0.717, 1.165) is 16.5 Å². The third kappa shape index (κ3) is 0.923. The van der Waals surface area contributed by atoms with Crippen molar-refractivity contribution in [3.63, 3.8) is 0 Å². The van der Waals surface area contributed by atoms with Gasteiger partial charge in [0, 0.05) is 17.1 Å². The number of nitrogens with zero attached hydrogens (tertiary/aromatic N) is 1. The van der Waals surface area contributed by atoms with Gasteiger partial charge in [-0.05, 0) is 12.1 Å². The fourth-order valence-corrected chi connectivity index (χ4v) is 1.71. The summed E-state index contributed by atoms with van der Waals surface area (Å²) >= 11 is 0. The molecule has 1 aromatic heterocycles. The number of hydrogen-bond donors (Lipinski definition) is 0. The standard InChI is InChI=1S/C11H7NO2/c13-10-5-7-6-12-9-4-2-1-3-8(9)11(7)14-10/h1-4,6H,5H2. The van der Waals surface area contributed by atoms with Gasteiger partial charge in [0.25, 0.3) is 0 Å². The van der Waals surface area contributed by atoms with E-state index in [1.54, 1.807) is 6.20 Å². The molecule has 0 unspecified atom stereocenters. The van der Waals surface area contributed by atoms with Gasteiger partial charge in [-0.15, -0.1) is 0 Å². The van der Waals surface area contributed by atoms with Gasteiger partial charge in [0.1, 0.15) is 5.75 Å². The first-order valence-electron chi connectivity index (χ1n) is 4.42. The summed E-state index contributed by atoms with van der Waals surface area (Å²) in [6.45, 7) is 0. The van der Waals surface area contributed by atoms with Crippen LogP contribution in [0.15, 0.2) is 30.5 Å². The van der Waals surface area contributed by atoms with E-state index in [1.165, 1.54) is 0 Å². The van der Waals surface area contributed by atoms with Gasteiger partial charge in [0.05, 0.1) is 11.9 Å². The molecule has 0 amide bonds. The summed E-state index contributed by atoms with van der Waals surface area (Å²) in [5, 5.41) is 0.913. The van der Waals surface area contributed by atoms with Crippen LogP contribution in [-0.4, -0.2) is 11.0 Å². The van der Waals surface area contributed by atoms with E-state index in [1.807, 2.05) is 24.3 Å². The average Bonchev–Trinajstić information content (AvgIpc) is 2.59. The lowest BCUT2D eigenvalue weighted by atomic mass is 10.1. The molecule has 0 atom stereocenters. The predicted molar refractivity (Wildman–Crippen MR) is 51.1 cm³/mol. The maximum atomic E-state index is 11.1. The predicted octanol–water partition coefficient (Wildman–Crippen LogP) is 1.70. The molecule has 3 rings (SSSR count). The minimum absolute atomic E-state index is 0.196. The number of carbonyl (C=O) groups is 1. The minimum atomic E-state index is -0.196. The number of rotatable bonds is 0. The Hall–Kier alpha value is -1.90. The summed E-state index contributed by atoms with van der Waals surface area (Å²) in [4.78, 5) is 15.3. The van der Waals surface area contributed by atoms with Crippen molar-refractivity contribution in [1.82, 2.24) is 4.98 Å². The van der Waals surface area contributed by atoms with Gasteiger partial charge >= 0.3 is 5.97 Å². The van der Waals surface area contributed by atoms with Crippen LogP contribution in [0.3, 0.4) is 0 Å². The fourth-order valence-electron chi connectivity index (χ4n) is 1.71. The Labute approximate surface area is 80.3 Å². The molecular formula is C11H7NO2. The van der Waals surface area contributed by atoms with Gasteiger partial charge in [-0.3, -0.25) is 9.78 Å². The molecule has 0 saturated carbocycles. The normalized spacial score (nSPS) is 14.1. The van der Waals surface area contributed by atoms with E-state index in [4.69, 9.17) is 4.74 Å². The second-order valence-corrected chi connectivity index (χ2v) is 3.28. The molecule has 0 N–H and O–H groups in total. The van der Waals surface area contributed by atoms with Crippen LogP contribution in [0.1, 0.15) is 5.56 Å². The average molecular weight is 185 g/mol. The first kappa shape index (κ1) is 7.50. The van der Waals surface area contributed by atoms with Crippen LogP contribution in [-0.2, 0) is 11.2 Å². The van der Waals surface area contributed by atoms with Crippen LogP contribution in [0.5, 0.6) is 5.75 Å². The number of carbonyl (C=O) groups excluding carboxylic acids is 1. The second kappa shape index (κ2) is 2.54. The zero-order valence-corrected chi connectivity index (χ0v) is 7.36. The number of aromatic nitrogens is 1. The van der Waals surface area contributed by atoms with Crippen molar-refractivity contribution in [3.05, 3.63) is 36.0 Å². The summed E-state index contributed by atoms with van der Waals surface area (Å²) in [7, 11) is 0. The smallest absolute Gasteiger partial charge is 0.315 e. The number of benzene rings is 1. The number of fused-ring (bicyclic) bond motifs is 3. The maximum Gasteiger partial charge on any atom is 0.315 e. The lowest BCUT2D eigenvalue weighted by molar-refractivity contribution is -0.131. The van der Waals surface area contributed by atoms with Gasteiger partial charge in [0.2, 0.25) is 0 Å². The topological polar surface area (TPSA) is 39.2 Å². The van der Waals surface area contributed by atoms with E-state index in [0.29, 0.717) is 12.2 Å². The van der Waals surface area contributed by atoms with Crippen LogP contribution in [0.25, 0.3) is 10.9 Å². The van der Waals surface area contributed by atoms with Gasteiger partial charge in [-0.1, -0.05) is 12.1 Å². The lowest BCUT2D eigenvalue weighted by Gasteiger charge is -2.01. The third-order valence-corrected chi connectivity index (χ3v) is 2.35. The molecule has 0 fully saturated rings. The zero-order chi connectivity index (χ0) is 9.54. The highest BCUT2D eigenvalue weighted by atomic mass is 16.5. The van der Waals surface area contributed by atoms with Crippen molar-refractivity contribution in [3.8, 4) is 5.75 Å². The number of esters is 1. The van der Waals surface area contributed by atoms with Crippen LogP contribution < -0.4 is 4.74 Å². The van der Waals surface area contributed by atoms with E-state index >= 15 is 0 Å².